The number of hydrogen-bond donors (Lipinski definition) is 0. The summed E-state index contributed by atoms with van der Waals surface area (Å²) in [6.45, 7) is 2.89. The molecular formula is C13H19NO4. The third kappa shape index (κ3) is 4.61. The lowest BCUT2D eigenvalue weighted by atomic mass is 10.2. The molecule has 5 heteroatoms. The van der Waals surface area contributed by atoms with Gasteiger partial charge in [-0.25, -0.2) is 0 Å². The van der Waals surface area contributed by atoms with Gasteiger partial charge in [0.15, 0.2) is 0 Å². The number of esters is 1. The van der Waals surface area contributed by atoms with Crippen molar-refractivity contribution in [2.75, 3.05) is 20.2 Å². The van der Waals surface area contributed by atoms with E-state index in [9.17, 15) is 9.59 Å². The molecule has 0 aliphatic heterocycles. The van der Waals surface area contributed by atoms with Gasteiger partial charge >= 0.3 is 5.97 Å². The minimum Gasteiger partial charge on any atom is -0.469 e. The van der Waals surface area contributed by atoms with Gasteiger partial charge in [-0.1, -0.05) is 0 Å². The smallest absolute Gasteiger partial charge is 0.307 e. The van der Waals surface area contributed by atoms with Crippen molar-refractivity contribution in [3.63, 3.8) is 0 Å². The lowest BCUT2D eigenvalue weighted by Gasteiger charge is -2.20. The Bertz CT molecular complexity index is 372. The van der Waals surface area contributed by atoms with Crippen molar-refractivity contribution >= 4 is 11.9 Å². The van der Waals surface area contributed by atoms with Crippen LogP contribution in [0.4, 0.5) is 0 Å². The van der Waals surface area contributed by atoms with Gasteiger partial charge in [0.2, 0.25) is 5.91 Å². The van der Waals surface area contributed by atoms with E-state index >= 15 is 0 Å². The number of furan rings is 1. The number of hydrogen-bond acceptors (Lipinski definition) is 4. The zero-order valence-electron chi connectivity index (χ0n) is 10.8. The second-order valence-corrected chi connectivity index (χ2v) is 3.88. The molecule has 0 radical (unpaired) electrons. The zero-order valence-corrected chi connectivity index (χ0v) is 10.8. The van der Waals surface area contributed by atoms with Crippen LogP contribution in [-0.2, 0) is 20.7 Å². The maximum Gasteiger partial charge on any atom is 0.307 e. The van der Waals surface area contributed by atoms with Gasteiger partial charge in [0, 0.05) is 25.9 Å². The number of carbonyl (C=O) groups excluding carboxylic acids is 2. The van der Waals surface area contributed by atoms with Crippen molar-refractivity contribution in [3.05, 3.63) is 24.2 Å². The van der Waals surface area contributed by atoms with Gasteiger partial charge in [-0.3, -0.25) is 9.59 Å². The van der Waals surface area contributed by atoms with Crippen LogP contribution in [0.1, 0.15) is 25.5 Å². The van der Waals surface area contributed by atoms with Crippen LogP contribution >= 0.6 is 0 Å². The summed E-state index contributed by atoms with van der Waals surface area (Å²) in [5, 5.41) is 0. The van der Waals surface area contributed by atoms with E-state index in [1.165, 1.54) is 7.11 Å². The molecule has 1 rings (SSSR count). The minimum absolute atomic E-state index is 0.0257. The summed E-state index contributed by atoms with van der Waals surface area (Å²) in [4.78, 5) is 24.6. The van der Waals surface area contributed by atoms with Gasteiger partial charge in [0.05, 0.1) is 19.8 Å². The summed E-state index contributed by atoms with van der Waals surface area (Å²) in [6, 6.07) is 3.65. The quantitative estimate of drug-likeness (QED) is 0.693. The molecule has 0 aliphatic carbocycles. The summed E-state index contributed by atoms with van der Waals surface area (Å²) in [5.74, 6) is 0.525. The van der Waals surface area contributed by atoms with Gasteiger partial charge in [0.1, 0.15) is 5.76 Å². The van der Waals surface area contributed by atoms with Crippen LogP contribution in [0, 0.1) is 0 Å². The predicted molar refractivity (Wildman–Crippen MR) is 65.9 cm³/mol. The molecule has 0 unspecified atom stereocenters. The predicted octanol–water partition coefficient (Wildman–Crippen LogP) is 1.62. The molecule has 1 aromatic rings. The highest BCUT2D eigenvalue weighted by atomic mass is 16.5. The molecule has 5 nitrogen and oxygen atoms in total. The van der Waals surface area contributed by atoms with Gasteiger partial charge in [-0.05, 0) is 19.1 Å². The number of ether oxygens (including phenoxy) is 1. The first-order valence-corrected chi connectivity index (χ1v) is 6.04. The number of rotatable bonds is 7. The van der Waals surface area contributed by atoms with Crippen molar-refractivity contribution in [1.29, 1.82) is 0 Å². The Kier molecular flexibility index (Phi) is 5.97. The second kappa shape index (κ2) is 7.53. The van der Waals surface area contributed by atoms with Crippen molar-refractivity contribution in [2.45, 2.75) is 26.2 Å². The van der Waals surface area contributed by atoms with Crippen LogP contribution in [0.15, 0.2) is 22.8 Å². The maximum absolute atomic E-state index is 11.9. The molecule has 0 N–H and O–H groups in total. The fraction of sp³-hybridized carbons (Fsp3) is 0.538. The molecule has 0 atom stereocenters. The van der Waals surface area contributed by atoms with E-state index in [0.29, 0.717) is 25.9 Å². The average Bonchev–Trinajstić information content (AvgIpc) is 2.89. The van der Waals surface area contributed by atoms with Gasteiger partial charge < -0.3 is 14.1 Å². The molecule has 0 saturated heterocycles. The Balaban J connectivity index is 2.34. The Hall–Kier alpha value is -1.78. The highest BCUT2D eigenvalue weighted by molar-refractivity contribution is 5.77. The van der Waals surface area contributed by atoms with Gasteiger partial charge in [-0.2, -0.15) is 0 Å². The fourth-order valence-electron chi connectivity index (χ4n) is 1.63. The van der Waals surface area contributed by atoms with Crippen LogP contribution in [-0.4, -0.2) is 37.0 Å². The van der Waals surface area contributed by atoms with Crippen molar-refractivity contribution in [2.24, 2.45) is 0 Å². The van der Waals surface area contributed by atoms with E-state index in [1.807, 2.05) is 13.0 Å². The van der Waals surface area contributed by atoms with Gasteiger partial charge in [0.25, 0.3) is 0 Å². The molecule has 18 heavy (non-hydrogen) atoms. The Morgan fingerprint density at radius 2 is 2.17 bits per heavy atom. The third-order valence-corrected chi connectivity index (χ3v) is 2.71. The van der Waals surface area contributed by atoms with E-state index in [0.717, 1.165) is 5.76 Å². The summed E-state index contributed by atoms with van der Waals surface area (Å²) < 4.78 is 9.72. The van der Waals surface area contributed by atoms with Crippen molar-refractivity contribution in [1.82, 2.24) is 4.90 Å². The molecule has 0 spiro atoms. The number of amides is 1. The molecule has 100 valence electrons. The molecule has 0 fully saturated rings. The zero-order chi connectivity index (χ0) is 13.4. The van der Waals surface area contributed by atoms with Crippen LogP contribution in [0.2, 0.25) is 0 Å². The van der Waals surface area contributed by atoms with Crippen LogP contribution in [0.5, 0.6) is 0 Å². The van der Waals surface area contributed by atoms with Crippen LogP contribution in [0.3, 0.4) is 0 Å². The number of aryl methyl sites for hydroxylation is 1. The molecule has 0 bridgehead atoms. The fourth-order valence-corrected chi connectivity index (χ4v) is 1.63. The summed E-state index contributed by atoms with van der Waals surface area (Å²) in [6.07, 6.45) is 2.80. The SMILES string of the molecule is CCN(CCC(=O)OC)C(=O)CCc1ccco1. The Labute approximate surface area is 107 Å². The second-order valence-electron chi connectivity index (χ2n) is 3.88. The molecule has 0 aromatic carbocycles. The minimum atomic E-state index is -0.299. The lowest BCUT2D eigenvalue weighted by Crippen LogP contribution is -2.33. The molecule has 1 amide bonds. The van der Waals surface area contributed by atoms with Crippen molar-refractivity contribution in [3.8, 4) is 0 Å². The number of methoxy groups -OCH3 is 1. The highest BCUT2D eigenvalue weighted by Gasteiger charge is 2.13. The highest BCUT2D eigenvalue weighted by Crippen LogP contribution is 2.06. The topological polar surface area (TPSA) is 59.8 Å². The number of carbonyl (C=O) groups is 2. The van der Waals surface area contributed by atoms with Crippen molar-refractivity contribution < 1.29 is 18.7 Å². The Morgan fingerprint density at radius 1 is 1.39 bits per heavy atom. The summed E-state index contributed by atoms with van der Waals surface area (Å²) in [5.41, 5.74) is 0. The third-order valence-electron chi connectivity index (χ3n) is 2.71. The number of nitrogens with zero attached hydrogens (tertiary/aromatic N) is 1. The molecule has 0 aliphatic rings. The molecule has 1 heterocycles. The van der Waals surface area contributed by atoms with E-state index in [2.05, 4.69) is 4.74 Å². The molecule has 0 saturated carbocycles. The molecular weight excluding hydrogens is 234 g/mol. The van der Waals surface area contributed by atoms with E-state index in [4.69, 9.17) is 4.42 Å². The molecule has 1 aromatic heterocycles. The standard InChI is InChI=1S/C13H19NO4/c1-3-14(9-8-13(16)17-2)12(15)7-6-11-5-4-10-18-11/h4-5,10H,3,6-9H2,1-2H3. The first-order chi connectivity index (χ1) is 8.67. The van der Waals surface area contributed by atoms with Crippen LogP contribution < -0.4 is 0 Å². The first kappa shape index (κ1) is 14.3. The largest absolute Gasteiger partial charge is 0.469 e. The van der Waals surface area contributed by atoms with Crippen LogP contribution in [0.25, 0.3) is 0 Å². The summed E-state index contributed by atoms with van der Waals surface area (Å²) >= 11 is 0. The average molecular weight is 253 g/mol. The van der Waals surface area contributed by atoms with E-state index in [-0.39, 0.29) is 18.3 Å². The Morgan fingerprint density at radius 3 is 2.72 bits per heavy atom. The maximum atomic E-state index is 11.9. The van der Waals surface area contributed by atoms with Gasteiger partial charge in [-0.15, -0.1) is 0 Å². The first-order valence-electron chi connectivity index (χ1n) is 6.04. The normalized spacial score (nSPS) is 10.1. The van der Waals surface area contributed by atoms with E-state index in [1.54, 1.807) is 17.2 Å². The summed E-state index contributed by atoms with van der Waals surface area (Å²) in [7, 11) is 1.34. The lowest BCUT2D eigenvalue weighted by molar-refractivity contribution is -0.141. The monoisotopic (exact) mass is 253 g/mol. The van der Waals surface area contributed by atoms with E-state index < -0.39 is 0 Å².